The van der Waals surface area contributed by atoms with Gasteiger partial charge in [0.1, 0.15) is 0 Å². The van der Waals surface area contributed by atoms with Gasteiger partial charge in [-0.2, -0.15) is 11.8 Å². The molecule has 0 aliphatic rings. The van der Waals surface area contributed by atoms with Crippen LogP contribution >= 0.6 is 11.8 Å². The van der Waals surface area contributed by atoms with Crippen molar-refractivity contribution in [2.24, 2.45) is 0 Å². The zero-order valence-electron chi connectivity index (χ0n) is 10.3. The van der Waals surface area contributed by atoms with Crippen molar-refractivity contribution in [3.05, 3.63) is 30.1 Å². The fraction of sp³-hybridized carbons (Fsp3) is 0.615. The average Bonchev–Trinajstić information content (AvgIpc) is 2.34. The molecule has 16 heavy (non-hydrogen) atoms. The first-order valence-electron chi connectivity index (χ1n) is 6.06. The van der Waals surface area contributed by atoms with E-state index in [1.54, 1.807) is 0 Å². The van der Waals surface area contributed by atoms with E-state index in [-0.39, 0.29) is 0 Å². The Hall–Kier alpha value is -0.540. The van der Waals surface area contributed by atoms with Gasteiger partial charge in [0.2, 0.25) is 0 Å². The van der Waals surface area contributed by atoms with Crippen LogP contribution in [0.15, 0.2) is 24.5 Å². The van der Waals surface area contributed by atoms with Gasteiger partial charge in [0, 0.05) is 24.2 Å². The molecule has 1 aromatic heterocycles. The van der Waals surface area contributed by atoms with Crippen molar-refractivity contribution in [3.8, 4) is 0 Å². The molecule has 1 rings (SSSR count). The third-order valence-electron chi connectivity index (χ3n) is 2.44. The first-order chi connectivity index (χ1) is 7.86. The molecule has 3 heteroatoms. The summed E-state index contributed by atoms with van der Waals surface area (Å²) >= 11 is 2.01. The standard InChI is InChI=1S/C13H22N2S/c1-3-7-15-13(11-16-4-2)10-12-5-8-14-9-6-12/h5-6,8-9,13,15H,3-4,7,10-11H2,1-2H3. The molecule has 1 heterocycles. The Morgan fingerprint density at radius 2 is 2.06 bits per heavy atom. The topological polar surface area (TPSA) is 24.9 Å². The van der Waals surface area contributed by atoms with Crippen LogP contribution in [0.1, 0.15) is 25.8 Å². The zero-order valence-corrected chi connectivity index (χ0v) is 11.1. The second-order valence-corrected chi connectivity index (χ2v) is 5.19. The Morgan fingerprint density at radius 3 is 2.69 bits per heavy atom. The summed E-state index contributed by atoms with van der Waals surface area (Å²) in [7, 11) is 0. The highest BCUT2D eigenvalue weighted by Crippen LogP contribution is 2.08. The van der Waals surface area contributed by atoms with Crippen LogP contribution in [0.3, 0.4) is 0 Å². The fourth-order valence-electron chi connectivity index (χ4n) is 1.60. The van der Waals surface area contributed by atoms with Gasteiger partial charge in [-0.15, -0.1) is 0 Å². The minimum atomic E-state index is 0.590. The highest BCUT2D eigenvalue weighted by atomic mass is 32.2. The molecule has 0 aliphatic heterocycles. The van der Waals surface area contributed by atoms with Crippen molar-refractivity contribution in [3.63, 3.8) is 0 Å². The Labute approximate surface area is 103 Å². The minimum absolute atomic E-state index is 0.590. The summed E-state index contributed by atoms with van der Waals surface area (Å²) in [4.78, 5) is 4.05. The molecule has 1 atom stereocenters. The van der Waals surface area contributed by atoms with Crippen molar-refractivity contribution in [1.82, 2.24) is 10.3 Å². The van der Waals surface area contributed by atoms with Gasteiger partial charge in [-0.05, 0) is 42.8 Å². The molecule has 0 aromatic carbocycles. The Kier molecular flexibility index (Phi) is 7.26. The molecule has 0 saturated heterocycles. The highest BCUT2D eigenvalue weighted by Gasteiger charge is 2.08. The molecule has 0 fully saturated rings. The van der Waals surface area contributed by atoms with Crippen molar-refractivity contribution in [2.45, 2.75) is 32.7 Å². The molecule has 2 nitrogen and oxygen atoms in total. The lowest BCUT2D eigenvalue weighted by molar-refractivity contribution is 0.550. The van der Waals surface area contributed by atoms with Gasteiger partial charge in [0.25, 0.3) is 0 Å². The number of nitrogens with one attached hydrogen (secondary N) is 1. The number of hydrogen-bond donors (Lipinski definition) is 1. The lowest BCUT2D eigenvalue weighted by Gasteiger charge is -2.17. The van der Waals surface area contributed by atoms with Crippen molar-refractivity contribution in [1.29, 1.82) is 0 Å². The maximum absolute atomic E-state index is 4.05. The molecular weight excluding hydrogens is 216 g/mol. The predicted molar refractivity (Wildman–Crippen MR) is 73.0 cm³/mol. The number of thioether (sulfide) groups is 1. The van der Waals surface area contributed by atoms with Crippen LogP contribution in [0.2, 0.25) is 0 Å². The Morgan fingerprint density at radius 1 is 1.31 bits per heavy atom. The highest BCUT2D eigenvalue weighted by molar-refractivity contribution is 7.99. The molecule has 0 saturated carbocycles. The summed E-state index contributed by atoms with van der Waals surface area (Å²) in [6.07, 6.45) is 6.05. The van der Waals surface area contributed by atoms with Gasteiger partial charge < -0.3 is 5.32 Å². The summed E-state index contributed by atoms with van der Waals surface area (Å²) in [5, 5.41) is 3.61. The largest absolute Gasteiger partial charge is 0.313 e. The molecule has 1 N–H and O–H groups in total. The van der Waals surface area contributed by atoms with Gasteiger partial charge in [-0.3, -0.25) is 4.98 Å². The lowest BCUT2D eigenvalue weighted by Crippen LogP contribution is -2.34. The normalized spacial score (nSPS) is 12.6. The van der Waals surface area contributed by atoms with Crippen LogP contribution in [-0.2, 0) is 6.42 Å². The van der Waals surface area contributed by atoms with Crippen LogP contribution in [0.4, 0.5) is 0 Å². The smallest absolute Gasteiger partial charge is 0.0270 e. The van der Waals surface area contributed by atoms with Crippen LogP contribution in [0, 0.1) is 0 Å². The molecule has 0 spiro atoms. The van der Waals surface area contributed by atoms with Crippen LogP contribution < -0.4 is 5.32 Å². The van der Waals surface area contributed by atoms with Gasteiger partial charge in [0.05, 0.1) is 0 Å². The van der Waals surface area contributed by atoms with Gasteiger partial charge in [-0.1, -0.05) is 13.8 Å². The first-order valence-corrected chi connectivity index (χ1v) is 7.22. The van der Waals surface area contributed by atoms with E-state index in [0.29, 0.717) is 6.04 Å². The van der Waals surface area contributed by atoms with E-state index in [2.05, 4.69) is 36.3 Å². The maximum atomic E-state index is 4.05. The third kappa shape index (κ3) is 5.52. The molecule has 1 unspecified atom stereocenters. The molecule has 0 aliphatic carbocycles. The second-order valence-electron chi connectivity index (χ2n) is 3.87. The Balaban J connectivity index is 2.42. The molecule has 1 aromatic rings. The monoisotopic (exact) mass is 238 g/mol. The van der Waals surface area contributed by atoms with E-state index in [1.807, 2.05) is 24.2 Å². The summed E-state index contributed by atoms with van der Waals surface area (Å²) in [5.41, 5.74) is 1.38. The van der Waals surface area contributed by atoms with E-state index in [0.717, 1.165) is 13.0 Å². The minimum Gasteiger partial charge on any atom is -0.313 e. The van der Waals surface area contributed by atoms with Crippen molar-refractivity contribution in [2.75, 3.05) is 18.1 Å². The van der Waals surface area contributed by atoms with E-state index < -0.39 is 0 Å². The molecule has 0 amide bonds. The van der Waals surface area contributed by atoms with E-state index in [4.69, 9.17) is 0 Å². The molecule has 0 radical (unpaired) electrons. The number of aromatic nitrogens is 1. The summed E-state index contributed by atoms with van der Waals surface area (Å²) in [5.74, 6) is 2.39. The van der Waals surface area contributed by atoms with Crippen LogP contribution in [0.25, 0.3) is 0 Å². The van der Waals surface area contributed by atoms with Gasteiger partial charge >= 0.3 is 0 Å². The SMILES string of the molecule is CCCNC(CSCC)Cc1ccncc1. The Bertz CT molecular complexity index is 256. The van der Waals surface area contributed by atoms with E-state index in [9.17, 15) is 0 Å². The van der Waals surface area contributed by atoms with E-state index >= 15 is 0 Å². The summed E-state index contributed by atoms with van der Waals surface area (Å²) in [6, 6.07) is 4.81. The zero-order chi connectivity index (χ0) is 11.6. The van der Waals surface area contributed by atoms with Crippen molar-refractivity contribution >= 4 is 11.8 Å². The molecule has 90 valence electrons. The van der Waals surface area contributed by atoms with Gasteiger partial charge in [-0.25, -0.2) is 0 Å². The summed E-state index contributed by atoms with van der Waals surface area (Å²) < 4.78 is 0. The lowest BCUT2D eigenvalue weighted by atomic mass is 10.1. The quantitative estimate of drug-likeness (QED) is 0.754. The van der Waals surface area contributed by atoms with Crippen molar-refractivity contribution < 1.29 is 0 Å². The fourth-order valence-corrected chi connectivity index (χ4v) is 2.36. The van der Waals surface area contributed by atoms with Crippen LogP contribution in [-0.4, -0.2) is 29.1 Å². The number of nitrogens with zero attached hydrogens (tertiary/aromatic N) is 1. The second kappa shape index (κ2) is 8.59. The van der Waals surface area contributed by atoms with Crippen LogP contribution in [0.5, 0.6) is 0 Å². The predicted octanol–water partition coefficient (Wildman–Crippen LogP) is 2.75. The number of pyridine rings is 1. The average molecular weight is 238 g/mol. The van der Waals surface area contributed by atoms with Gasteiger partial charge in [0.15, 0.2) is 0 Å². The molecular formula is C13H22N2S. The van der Waals surface area contributed by atoms with E-state index in [1.165, 1.54) is 23.5 Å². The summed E-state index contributed by atoms with van der Waals surface area (Å²) in [6.45, 7) is 5.54. The molecule has 0 bridgehead atoms. The number of hydrogen-bond acceptors (Lipinski definition) is 3. The first kappa shape index (κ1) is 13.5. The third-order valence-corrected chi connectivity index (χ3v) is 3.48. The number of rotatable bonds is 8. The maximum Gasteiger partial charge on any atom is 0.0270 e.